The fourth-order valence-corrected chi connectivity index (χ4v) is 4.16. The van der Waals surface area contributed by atoms with E-state index >= 15 is 0 Å². The number of carbonyl (C=O) groups is 2. The molecule has 1 heterocycles. The van der Waals surface area contributed by atoms with Crippen LogP contribution in [0.4, 0.5) is 0 Å². The van der Waals surface area contributed by atoms with Gasteiger partial charge in [-0.25, -0.2) is 0 Å². The smallest absolute Gasteiger partial charge is 0.312 e. The lowest BCUT2D eigenvalue weighted by molar-refractivity contribution is -0.162. The van der Waals surface area contributed by atoms with Gasteiger partial charge in [-0.1, -0.05) is 61.4 Å². The number of carbonyl (C=O) groups excluding carboxylic acids is 1. The van der Waals surface area contributed by atoms with Crippen molar-refractivity contribution in [2.45, 2.75) is 39.2 Å². The second kappa shape index (κ2) is 8.15. The van der Waals surface area contributed by atoms with Crippen molar-refractivity contribution < 1.29 is 19.8 Å². The number of likely N-dealkylation sites (tertiary alicyclic amines) is 1. The Morgan fingerprint density at radius 1 is 1.18 bits per heavy atom. The number of benzene rings is 2. The van der Waals surface area contributed by atoms with E-state index in [1.54, 1.807) is 11.0 Å². The number of hydrogen-bond donors (Lipinski definition) is 2. The van der Waals surface area contributed by atoms with Crippen LogP contribution in [0.2, 0.25) is 0 Å². The standard InChI is InChI=1S/C23H27NO4/c1-3-11-23(22(27)28)12-13-24(15-20(23)25)21(26)19-10-5-4-9-18(19)17-8-6-7-16(2)14-17/h4-10,14,20,25H,3,11-13,15H2,1-2H3,(H,27,28)/t20-,23-/m0/s1. The Morgan fingerprint density at radius 2 is 1.93 bits per heavy atom. The van der Waals surface area contributed by atoms with Gasteiger partial charge in [-0.2, -0.15) is 0 Å². The molecule has 0 aliphatic carbocycles. The van der Waals surface area contributed by atoms with Crippen LogP contribution in [0.25, 0.3) is 11.1 Å². The third-order valence-corrected chi connectivity index (χ3v) is 5.75. The van der Waals surface area contributed by atoms with E-state index in [1.807, 2.05) is 56.3 Å². The zero-order chi connectivity index (χ0) is 20.3. The normalized spacial score (nSPS) is 22.1. The van der Waals surface area contributed by atoms with E-state index in [9.17, 15) is 19.8 Å². The van der Waals surface area contributed by atoms with Crippen LogP contribution < -0.4 is 0 Å². The SMILES string of the molecule is CCC[C@]1(C(=O)O)CCN(C(=O)c2ccccc2-c2cccc(C)c2)C[C@@H]1O. The zero-order valence-electron chi connectivity index (χ0n) is 16.4. The van der Waals surface area contributed by atoms with E-state index in [0.717, 1.165) is 16.7 Å². The summed E-state index contributed by atoms with van der Waals surface area (Å²) in [6.45, 7) is 4.28. The molecule has 28 heavy (non-hydrogen) atoms. The molecule has 3 rings (SSSR count). The van der Waals surface area contributed by atoms with Crippen LogP contribution in [0.15, 0.2) is 48.5 Å². The van der Waals surface area contributed by atoms with Gasteiger partial charge >= 0.3 is 5.97 Å². The van der Waals surface area contributed by atoms with Gasteiger partial charge in [0.05, 0.1) is 11.5 Å². The highest BCUT2D eigenvalue weighted by Crippen LogP contribution is 2.37. The van der Waals surface area contributed by atoms with Crippen molar-refractivity contribution in [1.29, 1.82) is 0 Å². The van der Waals surface area contributed by atoms with E-state index in [2.05, 4.69) is 0 Å². The molecule has 2 aromatic carbocycles. The van der Waals surface area contributed by atoms with E-state index in [-0.39, 0.29) is 18.9 Å². The molecule has 1 aliphatic heterocycles. The summed E-state index contributed by atoms with van der Waals surface area (Å²) < 4.78 is 0. The molecule has 0 unspecified atom stereocenters. The average Bonchev–Trinajstić information content (AvgIpc) is 2.69. The molecule has 1 amide bonds. The number of aliphatic carboxylic acids is 1. The van der Waals surface area contributed by atoms with Crippen molar-refractivity contribution in [3.8, 4) is 11.1 Å². The van der Waals surface area contributed by atoms with Gasteiger partial charge < -0.3 is 15.1 Å². The Labute approximate surface area is 165 Å². The third-order valence-electron chi connectivity index (χ3n) is 5.75. The number of β-amino-alcohol motifs (C(OH)–C–C–N with tert-alkyl or cyclic N) is 1. The monoisotopic (exact) mass is 381 g/mol. The molecule has 2 atom stereocenters. The predicted molar refractivity (Wildman–Crippen MR) is 108 cm³/mol. The molecule has 1 saturated heterocycles. The van der Waals surface area contributed by atoms with Gasteiger partial charge in [-0.3, -0.25) is 9.59 Å². The summed E-state index contributed by atoms with van der Waals surface area (Å²) in [6.07, 6.45) is 0.267. The largest absolute Gasteiger partial charge is 0.481 e. The van der Waals surface area contributed by atoms with Crippen molar-refractivity contribution in [3.63, 3.8) is 0 Å². The van der Waals surface area contributed by atoms with Crippen molar-refractivity contribution >= 4 is 11.9 Å². The third kappa shape index (κ3) is 3.67. The molecule has 2 N–H and O–H groups in total. The van der Waals surface area contributed by atoms with Gasteiger partial charge in [0, 0.05) is 18.7 Å². The Bertz CT molecular complexity index is 878. The van der Waals surface area contributed by atoms with Crippen LogP contribution in [-0.2, 0) is 4.79 Å². The summed E-state index contributed by atoms with van der Waals surface area (Å²) in [4.78, 5) is 26.6. The maximum atomic E-state index is 13.2. The van der Waals surface area contributed by atoms with Crippen molar-refractivity contribution in [3.05, 3.63) is 59.7 Å². The van der Waals surface area contributed by atoms with Gasteiger partial charge in [0.15, 0.2) is 0 Å². The first kappa shape index (κ1) is 20.1. The summed E-state index contributed by atoms with van der Waals surface area (Å²) in [5.41, 5.74) is 2.32. The van der Waals surface area contributed by atoms with Crippen LogP contribution in [0, 0.1) is 12.3 Å². The topological polar surface area (TPSA) is 77.8 Å². The number of aliphatic hydroxyl groups is 1. The highest BCUT2D eigenvalue weighted by Gasteiger charge is 2.48. The first-order chi connectivity index (χ1) is 13.4. The fraction of sp³-hybridized carbons (Fsp3) is 0.391. The molecule has 5 nitrogen and oxygen atoms in total. The van der Waals surface area contributed by atoms with Crippen molar-refractivity contribution in [1.82, 2.24) is 4.90 Å². The lowest BCUT2D eigenvalue weighted by atomic mass is 9.72. The molecule has 2 aromatic rings. The van der Waals surface area contributed by atoms with Crippen LogP contribution in [0.3, 0.4) is 0 Å². The lowest BCUT2D eigenvalue weighted by Crippen LogP contribution is -2.56. The van der Waals surface area contributed by atoms with Gasteiger partial charge in [-0.05, 0) is 37.0 Å². The number of hydrogen-bond acceptors (Lipinski definition) is 3. The Hall–Kier alpha value is -2.66. The van der Waals surface area contributed by atoms with E-state index in [4.69, 9.17) is 0 Å². The maximum absolute atomic E-state index is 13.2. The molecular formula is C23H27NO4. The molecular weight excluding hydrogens is 354 g/mol. The van der Waals surface area contributed by atoms with Gasteiger partial charge in [0.2, 0.25) is 0 Å². The number of nitrogens with zero attached hydrogens (tertiary/aromatic N) is 1. The minimum absolute atomic E-state index is 0.0350. The number of amides is 1. The minimum Gasteiger partial charge on any atom is -0.481 e. The first-order valence-corrected chi connectivity index (χ1v) is 9.76. The number of aryl methyl sites for hydroxylation is 1. The number of carboxylic acid groups (broad SMARTS) is 1. The molecule has 0 bridgehead atoms. The average molecular weight is 381 g/mol. The first-order valence-electron chi connectivity index (χ1n) is 9.76. The summed E-state index contributed by atoms with van der Waals surface area (Å²) in [6, 6.07) is 15.4. The van der Waals surface area contributed by atoms with Crippen LogP contribution in [0.1, 0.15) is 42.1 Å². The summed E-state index contributed by atoms with van der Waals surface area (Å²) >= 11 is 0. The van der Waals surface area contributed by atoms with Crippen molar-refractivity contribution in [2.75, 3.05) is 13.1 Å². The Kier molecular flexibility index (Phi) is 5.84. The number of rotatable bonds is 5. The van der Waals surface area contributed by atoms with Crippen LogP contribution in [0.5, 0.6) is 0 Å². The molecule has 1 fully saturated rings. The maximum Gasteiger partial charge on any atom is 0.312 e. The second-order valence-electron chi connectivity index (χ2n) is 7.64. The van der Waals surface area contributed by atoms with E-state index < -0.39 is 17.5 Å². The highest BCUT2D eigenvalue weighted by atomic mass is 16.4. The molecule has 0 aromatic heterocycles. The Morgan fingerprint density at radius 3 is 2.57 bits per heavy atom. The van der Waals surface area contributed by atoms with Crippen LogP contribution >= 0.6 is 0 Å². The second-order valence-corrected chi connectivity index (χ2v) is 7.64. The minimum atomic E-state index is -1.17. The van der Waals surface area contributed by atoms with E-state index in [0.29, 0.717) is 24.9 Å². The van der Waals surface area contributed by atoms with Gasteiger partial charge in [0.25, 0.3) is 5.91 Å². The quantitative estimate of drug-likeness (QED) is 0.827. The van der Waals surface area contributed by atoms with Crippen molar-refractivity contribution in [2.24, 2.45) is 5.41 Å². The lowest BCUT2D eigenvalue weighted by Gasteiger charge is -2.42. The predicted octanol–water partition coefficient (Wildman–Crippen LogP) is 3.74. The van der Waals surface area contributed by atoms with E-state index in [1.165, 1.54) is 0 Å². The highest BCUT2D eigenvalue weighted by molar-refractivity contribution is 6.01. The fourth-order valence-electron chi connectivity index (χ4n) is 4.16. The molecule has 0 radical (unpaired) electrons. The van der Waals surface area contributed by atoms with Gasteiger partial charge in [0.1, 0.15) is 0 Å². The number of piperidine rings is 1. The molecule has 1 aliphatic rings. The summed E-state index contributed by atoms with van der Waals surface area (Å²) in [5, 5.41) is 20.3. The molecule has 148 valence electrons. The van der Waals surface area contributed by atoms with Crippen LogP contribution in [-0.4, -0.2) is 46.2 Å². The Balaban J connectivity index is 1.88. The molecule has 5 heteroatoms. The molecule has 0 saturated carbocycles. The number of carboxylic acids is 1. The number of aliphatic hydroxyl groups excluding tert-OH is 1. The molecule has 0 spiro atoms. The summed E-state index contributed by atoms with van der Waals surface area (Å²) in [5.74, 6) is -1.15. The zero-order valence-corrected chi connectivity index (χ0v) is 16.4. The van der Waals surface area contributed by atoms with Gasteiger partial charge in [-0.15, -0.1) is 0 Å². The summed E-state index contributed by atoms with van der Waals surface area (Å²) in [7, 11) is 0.